The van der Waals surface area contributed by atoms with Crippen LogP contribution in [-0.4, -0.2) is 37.1 Å². The number of alkyl halides is 1. The van der Waals surface area contributed by atoms with Crippen molar-refractivity contribution in [3.05, 3.63) is 23.4 Å². The third-order valence-electron chi connectivity index (χ3n) is 2.14. The van der Waals surface area contributed by atoms with Gasteiger partial charge in [0.2, 0.25) is 5.88 Å². The van der Waals surface area contributed by atoms with Gasteiger partial charge in [0, 0.05) is 24.2 Å². The maximum atomic E-state index is 5.78. The van der Waals surface area contributed by atoms with Gasteiger partial charge in [0.25, 0.3) is 0 Å². The molecule has 0 aliphatic carbocycles. The number of hydrogen-bond donors (Lipinski definition) is 0. The lowest BCUT2D eigenvalue weighted by molar-refractivity contribution is 0.272. The van der Waals surface area contributed by atoms with E-state index in [9.17, 15) is 0 Å². The summed E-state index contributed by atoms with van der Waals surface area (Å²) in [5.41, 5.74) is 2.00. The second-order valence-corrected chi connectivity index (χ2v) is 4.36. The van der Waals surface area contributed by atoms with Crippen molar-refractivity contribution in [1.29, 1.82) is 0 Å². The average molecular weight is 243 g/mol. The van der Waals surface area contributed by atoms with Gasteiger partial charge < -0.3 is 9.64 Å². The molecule has 90 valence electrons. The third-order valence-corrected chi connectivity index (χ3v) is 2.45. The highest BCUT2D eigenvalue weighted by Gasteiger charge is 2.00. The predicted molar refractivity (Wildman–Crippen MR) is 67.2 cm³/mol. The maximum absolute atomic E-state index is 5.78. The molecule has 0 bridgehead atoms. The summed E-state index contributed by atoms with van der Waals surface area (Å²) >= 11 is 5.78. The van der Waals surface area contributed by atoms with E-state index in [4.69, 9.17) is 16.3 Å². The van der Waals surface area contributed by atoms with Crippen molar-refractivity contribution in [2.24, 2.45) is 0 Å². The molecule has 4 heteroatoms. The van der Waals surface area contributed by atoms with Gasteiger partial charge >= 0.3 is 0 Å². The Labute approximate surface area is 102 Å². The smallest absolute Gasteiger partial charge is 0.213 e. The highest BCUT2D eigenvalue weighted by atomic mass is 35.5. The van der Waals surface area contributed by atoms with Crippen LogP contribution in [0.4, 0.5) is 0 Å². The summed E-state index contributed by atoms with van der Waals surface area (Å²) in [7, 11) is 4.10. The van der Waals surface area contributed by atoms with Gasteiger partial charge in [-0.05, 0) is 39.1 Å². The van der Waals surface area contributed by atoms with Crippen LogP contribution in [0.1, 0.15) is 17.7 Å². The van der Waals surface area contributed by atoms with Gasteiger partial charge in [-0.1, -0.05) is 0 Å². The molecule has 0 aliphatic heterocycles. The van der Waals surface area contributed by atoms with E-state index in [2.05, 4.69) is 24.0 Å². The number of aryl methyl sites for hydroxylation is 1. The standard InChI is InChI=1S/C12H19ClN2O/c1-10-7-11(9-13)8-12(14-10)16-6-4-5-15(2)3/h7-8H,4-6,9H2,1-3H3. The number of aromatic nitrogens is 1. The molecule has 0 saturated heterocycles. The number of pyridine rings is 1. The van der Waals surface area contributed by atoms with E-state index >= 15 is 0 Å². The number of rotatable bonds is 6. The monoisotopic (exact) mass is 242 g/mol. The topological polar surface area (TPSA) is 25.4 Å². The van der Waals surface area contributed by atoms with Crippen molar-refractivity contribution >= 4 is 11.6 Å². The molecular weight excluding hydrogens is 224 g/mol. The summed E-state index contributed by atoms with van der Waals surface area (Å²) in [4.78, 5) is 6.44. The van der Waals surface area contributed by atoms with Crippen LogP contribution in [0.2, 0.25) is 0 Å². The third kappa shape index (κ3) is 4.81. The van der Waals surface area contributed by atoms with Gasteiger partial charge in [0.1, 0.15) is 0 Å². The fraction of sp³-hybridized carbons (Fsp3) is 0.583. The Bertz CT molecular complexity index is 329. The zero-order valence-electron chi connectivity index (χ0n) is 10.2. The molecule has 1 aromatic heterocycles. The van der Waals surface area contributed by atoms with Crippen LogP contribution in [0.15, 0.2) is 12.1 Å². The first kappa shape index (κ1) is 13.3. The number of hydrogen-bond acceptors (Lipinski definition) is 3. The van der Waals surface area contributed by atoms with E-state index in [0.29, 0.717) is 18.4 Å². The fourth-order valence-corrected chi connectivity index (χ4v) is 1.57. The molecule has 1 heterocycles. The molecule has 0 fully saturated rings. The minimum Gasteiger partial charge on any atom is -0.478 e. The van der Waals surface area contributed by atoms with E-state index in [0.717, 1.165) is 24.2 Å². The summed E-state index contributed by atoms with van der Waals surface area (Å²) in [5, 5.41) is 0. The number of nitrogens with zero attached hydrogens (tertiary/aromatic N) is 2. The summed E-state index contributed by atoms with van der Waals surface area (Å²) in [6.45, 7) is 3.66. The normalized spacial score (nSPS) is 10.8. The molecule has 3 nitrogen and oxygen atoms in total. The van der Waals surface area contributed by atoms with Gasteiger partial charge in [0.15, 0.2) is 0 Å². The van der Waals surface area contributed by atoms with Crippen molar-refractivity contribution < 1.29 is 4.74 Å². The van der Waals surface area contributed by atoms with Crippen molar-refractivity contribution in [2.45, 2.75) is 19.2 Å². The van der Waals surface area contributed by atoms with Gasteiger partial charge in [0.05, 0.1) is 6.61 Å². The lowest BCUT2D eigenvalue weighted by Gasteiger charge is -2.10. The zero-order chi connectivity index (χ0) is 12.0. The van der Waals surface area contributed by atoms with E-state index in [-0.39, 0.29) is 0 Å². The largest absolute Gasteiger partial charge is 0.478 e. The van der Waals surface area contributed by atoms with Gasteiger partial charge in [-0.15, -0.1) is 11.6 Å². The molecule has 0 spiro atoms. The zero-order valence-corrected chi connectivity index (χ0v) is 10.9. The first-order valence-electron chi connectivity index (χ1n) is 5.43. The van der Waals surface area contributed by atoms with Gasteiger partial charge in [-0.25, -0.2) is 4.98 Å². The van der Waals surface area contributed by atoms with E-state index in [1.165, 1.54) is 0 Å². The summed E-state index contributed by atoms with van der Waals surface area (Å²) in [5.74, 6) is 1.17. The van der Waals surface area contributed by atoms with Crippen LogP contribution in [0.3, 0.4) is 0 Å². The fourth-order valence-electron chi connectivity index (χ4n) is 1.42. The van der Waals surface area contributed by atoms with Crippen molar-refractivity contribution in [2.75, 3.05) is 27.2 Å². The molecule has 0 N–H and O–H groups in total. The molecular formula is C12H19ClN2O. The van der Waals surface area contributed by atoms with Crippen molar-refractivity contribution in [3.8, 4) is 5.88 Å². The van der Waals surface area contributed by atoms with E-state index in [1.807, 2.05) is 19.1 Å². The van der Waals surface area contributed by atoms with E-state index in [1.54, 1.807) is 0 Å². The molecule has 1 aromatic rings. The second-order valence-electron chi connectivity index (χ2n) is 4.09. The molecule has 0 atom stereocenters. The Hall–Kier alpha value is -0.800. The Morgan fingerprint density at radius 1 is 1.38 bits per heavy atom. The minimum absolute atomic E-state index is 0.497. The van der Waals surface area contributed by atoms with Crippen LogP contribution < -0.4 is 4.74 Å². The Morgan fingerprint density at radius 3 is 2.75 bits per heavy atom. The molecule has 0 radical (unpaired) electrons. The number of halogens is 1. The van der Waals surface area contributed by atoms with Crippen molar-refractivity contribution in [1.82, 2.24) is 9.88 Å². The SMILES string of the molecule is Cc1cc(CCl)cc(OCCCN(C)C)n1. The maximum Gasteiger partial charge on any atom is 0.213 e. The van der Waals surface area contributed by atoms with Gasteiger partial charge in [-0.2, -0.15) is 0 Å². The van der Waals surface area contributed by atoms with Crippen LogP contribution in [-0.2, 0) is 5.88 Å². The molecule has 0 aromatic carbocycles. The first-order valence-corrected chi connectivity index (χ1v) is 5.96. The average Bonchev–Trinajstić information content (AvgIpc) is 2.23. The molecule has 0 unspecified atom stereocenters. The second kappa shape index (κ2) is 6.71. The Morgan fingerprint density at radius 2 is 2.12 bits per heavy atom. The highest BCUT2D eigenvalue weighted by molar-refractivity contribution is 6.17. The summed E-state index contributed by atoms with van der Waals surface area (Å²) in [6, 6.07) is 3.87. The van der Waals surface area contributed by atoms with E-state index < -0.39 is 0 Å². The molecule has 1 rings (SSSR count). The predicted octanol–water partition coefficient (Wildman–Crippen LogP) is 2.46. The molecule has 0 aliphatic rings. The number of ether oxygens (including phenoxy) is 1. The molecule has 0 saturated carbocycles. The van der Waals surface area contributed by atoms with Gasteiger partial charge in [-0.3, -0.25) is 0 Å². The van der Waals surface area contributed by atoms with Crippen LogP contribution in [0.25, 0.3) is 0 Å². The lowest BCUT2D eigenvalue weighted by Crippen LogP contribution is -2.15. The first-order chi connectivity index (χ1) is 7.61. The van der Waals surface area contributed by atoms with Crippen molar-refractivity contribution in [3.63, 3.8) is 0 Å². The Balaban J connectivity index is 2.44. The minimum atomic E-state index is 0.497. The summed E-state index contributed by atoms with van der Waals surface area (Å²) in [6.07, 6.45) is 0.999. The highest BCUT2D eigenvalue weighted by Crippen LogP contribution is 2.14. The van der Waals surface area contributed by atoms with Crippen LogP contribution in [0, 0.1) is 6.92 Å². The van der Waals surface area contributed by atoms with Crippen LogP contribution in [0.5, 0.6) is 5.88 Å². The molecule has 16 heavy (non-hydrogen) atoms. The molecule has 0 amide bonds. The van der Waals surface area contributed by atoms with Crippen LogP contribution >= 0.6 is 11.6 Å². The quantitative estimate of drug-likeness (QED) is 0.566. The summed E-state index contributed by atoms with van der Waals surface area (Å²) < 4.78 is 5.58. The lowest BCUT2D eigenvalue weighted by atomic mass is 10.2. The Kier molecular flexibility index (Phi) is 5.56.